The topological polar surface area (TPSA) is 49.9 Å². The van der Waals surface area contributed by atoms with E-state index in [1.54, 1.807) is 7.11 Å². The Morgan fingerprint density at radius 1 is 1.56 bits per heavy atom. The molecule has 0 bridgehead atoms. The standard InChI is InChI=1S/C12H21N3O/c1-8(2)11-6-14-12(15-11)10-4-9(5-13-10)7-16-3/h6,8-10,13H,4-5,7H2,1-3H3,(H,14,15). The van der Waals surface area contributed by atoms with Crippen LogP contribution in [0, 0.1) is 5.92 Å². The lowest BCUT2D eigenvalue weighted by Crippen LogP contribution is -2.15. The molecule has 0 saturated carbocycles. The number of hydrogen-bond donors (Lipinski definition) is 2. The molecule has 0 aliphatic carbocycles. The SMILES string of the molecule is COCC1CNC(c2ncc(C(C)C)[nH]2)C1. The zero-order chi connectivity index (χ0) is 11.5. The predicted octanol–water partition coefficient (Wildman–Crippen LogP) is 1.83. The van der Waals surface area contributed by atoms with E-state index < -0.39 is 0 Å². The number of nitrogens with one attached hydrogen (secondary N) is 2. The first-order valence-corrected chi connectivity index (χ1v) is 5.97. The number of aromatic amines is 1. The molecule has 1 aliphatic heterocycles. The molecule has 4 nitrogen and oxygen atoms in total. The Morgan fingerprint density at radius 3 is 3.00 bits per heavy atom. The van der Waals surface area contributed by atoms with Crippen LogP contribution in [0.5, 0.6) is 0 Å². The Balaban J connectivity index is 1.97. The van der Waals surface area contributed by atoms with Gasteiger partial charge in [-0.2, -0.15) is 0 Å². The molecule has 2 rings (SSSR count). The Labute approximate surface area is 96.8 Å². The van der Waals surface area contributed by atoms with Gasteiger partial charge >= 0.3 is 0 Å². The van der Waals surface area contributed by atoms with Gasteiger partial charge in [0.2, 0.25) is 0 Å². The van der Waals surface area contributed by atoms with E-state index in [9.17, 15) is 0 Å². The molecule has 90 valence electrons. The lowest BCUT2D eigenvalue weighted by molar-refractivity contribution is 0.159. The van der Waals surface area contributed by atoms with Gasteiger partial charge in [0.25, 0.3) is 0 Å². The van der Waals surface area contributed by atoms with Gasteiger partial charge in [-0.1, -0.05) is 13.8 Å². The summed E-state index contributed by atoms with van der Waals surface area (Å²) in [6, 6.07) is 0.368. The van der Waals surface area contributed by atoms with Crippen molar-refractivity contribution < 1.29 is 4.74 Å². The molecular weight excluding hydrogens is 202 g/mol. The fraction of sp³-hybridized carbons (Fsp3) is 0.750. The third kappa shape index (κ3) is 2.44. The molecule has 2 heterocycles. The number of methoxy groups -OCH3 is 1. The quantitative estimate of drug-likeness (QED) is 0.818. The average molecular weight is 223 g/mol. The smallest absolute Gasteiger partial charge is 0.123 e. The molecule has 2 N–H and O–H groups in total. The van der Waals surface area contributed by atoms with E-state index >= 15 is 0 Å². The minimum atomic E-state index is 0.368. The number of hydrogen-bond acceptors (Lipinski definition) is 3. The van der Waals surface area contributed by atoms with Gasteiger partial charge in [-0.25, -0.2) is 4.98 Å². The zero-order valence-electron chi connectivity index (χ0n) is 10.3. The van der Waals surface area contributed by atoms with E-state index in [4.69, 9.17) is 4.74 Å². The van der Waals surface area contributed by atoms with Crippen LogP contribution in [0.25, 0.3) is 0 Å². The van der Waals surface area contributed by atoms with Crippen LogP contribution >= 0.6 is 0 Å². The van der Waals surface area contributed by atoms with Gasteiger partial charge in [-0.15, -0.1) is 0 Å². The van der Waals surface area contributed by atoms with Gasteiger partial charge in [-0.3, -0.25) is 0 Å². The van der Waals surface area contributed by atoms with Gasteiger partial charge in [-0.05, 0) is 18.3 Å². The maximum atomic E-state index is 5.18. The van der Waals surface area contributed by atoms with Crippen LogP contribution in [-0.2, 0) is 4.74 Å². The van der Waals surface area contributed by atoms with Crippen molar-refractivity contribution in [2.75, 3.05) is 20.3 Å². The lowest BCUT2D eigenvalue weighted by atomic mass is 10.1. The Morgan fingerprint density at radius 2 is 2.38 bits per heavy atom. The third-order valence-electron chi connectivity index (χ3n) is 3.19. The molecule has 4 heteroatoms. The summed E-state index contributed by atoms with van der Waals surface area (Å²) in [6.07, 6.45) is 3.06. The molecular formula is C12H21N3O. The molecule has 2 atom stereocenters. The minimum Gasteiger partial charge on any atom is -0.384 e. The normalized spacial score (nSPS) is 25.5. The molecule has 1 aromatic rings. The van der Waals surface area contributed by atoms with E-state index in [0.717, 1.165) is 25.4 Å². The maximum Gasteiger partial charge on any atom is 0.123 e. The summed E-state index contributed by atoms with van der Waals surface area (Å²) >= 11 is 0. The number of rotatable bonds is 4. The van der Waals surface area contributed by atoms with Gasteiger partial charge in [0.15, 0.2) is 0 Å². The molecule has 0 radical (unpaired) electrons. The largest absolute Gasteiger partial charge is 0.384 e. The van der Waals surface area contributed by atoms with Crippen LogP contribution in [0.4, 0.5) is 0 Å². The first-order valence-electron chi connectivity index (χ1n) is 5.97. The lowest BCUT2D eigenvalue weighted by Gasteiger charge is -2.07. The van der Waals surface area contributed by atoms with Crippen LogP contribution in [0.15, 0.2) is 6.20 Å². The zero-order valence-corrected chi connectivity index (χ0v) is 10.3. The minimum absolute atomic E-state index is 0.368. The molecule has 0 aromatic carbocycles. The van der Waals surface area contributed by atoms with Crippen molar-refractivity contribution in [2.24, 2.45) is 5.92 Å². The van der Waals surface area contributed by atoms with Crippen LogP contribution in [0.2, 0.25) is 0 Å². The highest BCUT2D eigenvalue weighted by Crippen LogP contribution is 2.26. The number of ether oxygens (including phenoxy) is 1. The first kappa shape index (κ1) is 11.6. The van der Waals surface area contributed by atoms with Crippen LogP contribution in [0.1, 0.15) is 43.7 Å². The summed E-state index contributed by atoms with van der Waals surface area (Å²) < 4.78 is 5.18. The van der Waals surface area contributed by atoms with Crippen LogP contribution < -0.4 is 5.32 Å². The van der Waals surface area contributed by atoms with Gasteiger partial charge in [0, 0.05) is 25.5 Å². The predicted molar refractivity (Wildman–Crippen MR) is 63.4 cm³/mol. The fourth-order valence-electron chi connectivity index (χ4n) is 2.20. The molecule has 0 amide bonds. The third-order valence-corrected chi connectivity index (χ3v) is 3.19. The van der Waals surface area contributed by atoms with Gasteiger partial charge in [0.05, 0.1) is 12.6 Å². The van der Waals surface area contributed by atoms with Gasteiger partial charge < -0.3 is 15.0 Å². The molecule has 16 heavy (non-hydrogen) atoms. The van der Waals surface area contributed by atoms with Crippen molar-refractivity contribution in [3.63, 3.8) is 0 Å². The number of aromatic nitrogens is 2. The number of imidazole rings is 1. The highest BCUT2D eigenvalue weighted by molar-refractivity contribution is 5.09. The van der Waals surface area contributed by atoms with Crippen molar-refractivity contribution in [1.29, 1.82) is 0 Å². The second-order valence-corrected chi connectivity index (χ2v) is 4.90. The highest BCUT2D eigenvalue weighted by Gasteiger charge is 2.27. The average Bonchev–Trinajstić information content (AvgIpc) is 2.84. The summed E-state index contributed by atoms with van der Waals surface area (Å²) in [5, 5.41) is 3.49. The Kier molecular flexibility index (Phi) is 3.61. The molecule has 0 spiro atoms. The van der Waals surface area contributed by atoms with Crippen molar-refractivity contribution in [2.45, 2.75) is 32.2 Å². The van der Waals surface area contributed by atoms with E-state index in [-0.39, 0.29) is 0 Å². The monoisotopic (exact) mass is 223 g/mol. The fourth-order valence-corrected chi connectivity index (χ4v) is 2.20. The second kappa shape index (κ2) is 4.97. The van der Waals surface area contributed by atoms with Crippen molar-refractivity contribution in [3.8, 4) is 0 Å². The summed E-state index contributed by atoms with van der Waals surface area (Å²) in [5.41, 5.74) is 1.21. The summed E-state index contributed by atoms with van der Waals surface area (Å²) in [6.45, 7) is 6.21. The molecule has 1 aliphatic rings. The van der Waals surface area contributed by atoms with Crippen molar-refractivity contribution in [1.82, 2.24) is 15.3 Å². The van der Waals surface area contributed by atoms with Crippen LogP contribution in [-0.4, -0.2) is 30.2 Å². The van der Waals surface area contributed by atoms with E-state index in [2.05, 4.69) is 29.1 Å². The summed E-state index contributed by atoms with van der Waals surface area (Å²) in [4.78, 5) is 7.86. The molecule has 1 fully saturated rings. The van der Waals surface area contributed by atoms with Crippen molar-refractivity contribution >= 4 is 0 Å². The molecule has 1 saturated heterocycles. The number of nitrogens with zero attached hydrogens (tertiary/aromatic N) is 1. The van der Waals surface area contributed by atoms with E-state index in [1.807, 2.05) is 6.20 Å². The number of H-pyrrole nitrogens is 1. The van der Waals surface area contributed by atoms with Gasteiger partial charge in [0.1, 0.15) is 5.82 Å². The maximum absolute atomic E-state index is 5.18. The molecule has 1 aromatic heterocycles. The Bertz CT molecular complexity index is 335. The van der Waals surface area contributed by atoms with E-state index in [1.165, 1.54) is 5.69 Å². The summed E-state index contributed by atoms with van der Waals surface area (Å²) in [7, 11) is 1.76. The highest BCUT2D eigenvalue weighted by atomic mass is 16.5. The van der Waals surface area contributed by atoms with E-state index in [0.29, 0.717) is 17.9 Å². The second-order valence-electron chi connectivity index (χ2n) is 4.90. The first-order chi connectivity index (χ1) is 7.70. The van der Waals surface area contributed by atoms with Crippen LogP contribution in [0.3, 0.4) is 0 Å². The Hall–Kier alpha value is -0.870. The molecule has 2 unspecified atom stereocenters. The van der Waals surface area contributed by atoms with Crippen molar-refractivity contribution in [3.05, 3.63) is 17.7 Å². The summed E-state index contributed by atoms with van der Waals surface area (Å²) in [5.74, 6) is 2.20.